The molecule has 4 rings (SSSR count). The lowest BCUT2D eigenvalue weighted by Gasteiger charge is -2.23. The summed E-state index contributed by atoms with van der Waals surface area (Å²) < 4.78 is 1.54. The van der Waals surface area contributed by atoms with Crippen molar-refractivity contribution in [1.29, 1.82) is 0 Å². The maximum absolute atomic E-state index is 11.6. The number of nitrogens with two attached hydrogens (primary N) is 2. The van der Waals surface area contributed by atoms with Crippen LogP contribution in [0.3, 0.4) is 0 Å². The molecule has 2 aromatic rings. The zero-order chi connectivity index (χ0) is 21.0. The first kappa shape index (κ1) is 20.9. The number of fused-ring (bicyclic) bond motifs is 1. The molecule has 1 saturated heterocycles. The standard InChI is InChI=1S/C15H18N4O.C7H13NO/c1-19-14(16)12(15(17)20)13(18-19)11-7-6-9-4-2-3-5-10(9)8-11;1-2-7(9)8-5-3-4-6-8/h2-5,11H,6-8,16H2,1H3,(H2,17,20);2-6H2,1H3. The van der Waals surface area contributed by atoms with Crippen molar-refractivity contribution >= 4 is 17.6 Å². The van der Waals surface area contributed by atoms with Crippen molar-refractivity contribution in [2.24, 2.45) is 12.8 Å². The Morgan fingerprint density at radius 1 is 1.17 bits per heavy atom. The second kappa shape index (κ2) is 9.11. The minimum atomic E-state index is -0.496. The van der Waals surface area contributed by atoms with E-state index in [2.05, 4.69) is 23.3 Å². The number of carbonyl (C=O) groups excluding carboxylic acids is 2. The maximum atomic E-state index is 11.6. The van der Waals surface area contributed by atoms with Gasteiger partial charge in [0.1, 0.15) is 11.4 Å². The van der Waals surface area contributed by atoms with E-state index in [0.717, 1.165) is 38.0 Å². The fraction of sp³-hybridized carbons (Fsp3) is 0.500. The van der Waals surface area contributed by atoms with Gasteiger partial charge in [-0.3, -0.25) is 14.3 Å². The molecule has 29 heavy (non-hydrogen) atoms. The molecule has 2 aliphatic rings. The molecule has 2 amide bonds. The van der Waals surface area contributed by atoms with Gasteiger partial charge in [-0.15, -0.1) is 0 Å². The van der Waals surface area contributed by atoms with Gasteiger partial charge in [0.25, 0.3) is 5.91 Å². The predicted molar refractivity (Wildman–Crippen MR) is 113 cm³/mol. The van der Waals surface area contributed by atoms with Crippen LogP contribution in [0.15, 0.2) is 24.3 Å². The number of rotatable bonds is 3. The maximum Gasteiger partial charge on any atom is 0.254 e. The molecule has 1 aromatic carbocycles. The highest BCUT2D eigenvalue weighted by atomic mass is 16.2. The molecule has 0 radical (unpaired) electrons. The van der Waals surface area contributed by atoms with Crippen LogP contribution in [0.4, 0.5) is 5.82 Å². The van der Waals surface area contributed by atoms with E-state index in [1.807, 2.05) is 17.9 Å². The van der Waals surface area contributed by atoms with Crippen molar-refractivity contribution < 1.29 is 9.59 Å². The smallest absolute Gasteiger partial charge is 0.254 e. The number of nitrogen functional groups attached to an aromatic ring is 1. The third-order valence-corrected chi connectivity index (χ3v) is 5.86. The second-order valence-corrected chi connectivity index (χ2v) is 7.78. The van der Waals surface area contributed by atoms with E-state index in [0.29, 0.717) is 23.7 Å². The van der Waals surface area contributed by atoms with Crippen molar-refractivity contribution in [3.05, 3.63) is 46.6 Å². The van der Waals surface area contributed by atoms with Crippen molar-refractivity contribution in [3.8, 4) is 0 Å². The topological polar surface area (TPSA) is 107 Å². The molecule has 1 unspecified atom stereocenters. The summed E-state index contributed by atoms with van der Waals surface area (Å²) in [4.78, 5) is 24.5. The van der Waals surface area contributed by atoms with Crippen LogP contribution in [-0.2, 0) is 24.7 Å². The number of anilines is 1. The van der Waals surface area contributed by atoms with Gasteiger partial charge in [-0.25, -0.2) is 0 Å². The van der Waals surface area contributed by atoms with E-state index in [1.54, 1.807) is 7.05 Å². The molecule has 1 aromatic heterocycles. The highest BCUT2D eigenvalue weighted by Crippen LogP contribution is 2.34. The first-order valence-electron chi connectivity index (χ1n) is 10.4. The van der Waals surface area contributed by atoms with E-state index < -0.39 is 5.91 Å². The van der Waals surface area contributed by atoms with Gasteiger partial charge in [0.2, 0.25) is 5.91 Å². The molecule has 1 aliphatic carbocycles. The number of aryl methyl sites for hydroxylation is 2. The zero-order valence-electron chi connectivity index (χ0n) is 17.4. The molecule has 0 spiro atoms. The fourth-order valence-electron chi connectivity index (χ4n) is 4.22. The van der Waals surface area contributed by atoms with Gasteiger partial charge in [0, 0.05) is 32.5 Å². The number of nitrogens with zero attached hydrogens (tertiary/aromatic N) is 3. The third-order valence-electron chi connectivity index (χ3n) is 5.86. The van der Waals surface area contributed by atoms with Crippen LogP contribution in [-0.4, -0.2) is 39.6 Å². The summed E-state index contributed by atoms with van der Waals surface area (Å²) in [5.74, 6) is 0.374. The summed E-state index contributed by atoms with van der Waals surface area (Å²) in [5, 5.41) is 4.42. The molecule has 7 nitrogen and oxygen atoms in total. The Kier molecular flexibility index (Phi) is 6.56. The van der Waals surface area contributed by atoms with Crippen LogP contribution in [0, 0.1) is 0 Å². The van der Waals surface area contributed by atoms with E-state index >= 15 is 0 Å². The number of benzene rings is 1. The van der Waals surface area contributed by atoms with Crippen LogP contribution in [0.25, 0.3) is 0 Å². The summed E-state index contributed by atoms with van der Waals surface area (Å²) in [7, 11) is 1.74. The Balaban J connectivity index is 0.000000224. The molecular weight excluding hydrogens is 366 g/mol. The molecule has 4 N–H and O–H groups in total. The first-order chi connectivity index (χ1) is 13.9. The average Bonchev–Trinajstić information content (AvgIpc) is 3.36. The second-order valence-electron chi connectivity index (χ2n) is 7.78. The summed E-state index contributed by atoms with van der Waals surface area (Å²) >= 11 is 0. The van der Waals surface area contributed by atoms with Crippen molar-refractivity contribution in [1.82, 2.24) is 14.7 Å². The molecule has 1 aliphatic heterocycles. The van der Waals surface area contributed by atoms with Gasteiger partial charge in [-0.2, -0.15) is 5.10 Å². The number of primary amides is 1. The van der Waals surface area contributed by atoms with Crippen molar-refractivity contribution in [2.75, 3.05) is 18.8 Å². The highest BCUT2D eigenvalue weighted by molar-refractivity contribution is 5.98. The summed E-state index contributed by atoms with van der Waals surface area (Å²) in [6.07, 6.45) is 5.91. The summed E-state index contributed by atoms with van der Waals surface area (Å²) in [6, 6.07) is 8.40. The Labute approximate surface area is 172 Å². The van der Waals surface area contributed by atoms with Gasteiger partial charge in [0.15, 0.2) is 0 Å². The fourth-order valence-corrected chi connectivity index (χ4v) is 4.22. The predicted octanol–water partition coefficient (Wildman–Crippen LogP) is 2.39. The lowest BCUT2D eigenvalue weighted by atomic mass is 9.81. The third kappa shape index (κ3) is 4.60. The van der Waals surface area contributed by atoms with Crippen LogP contribution >= 0.6 is 0 Å². The van der Waals surface area contributed by atoms with Gasteiger partial charge < -0.3 is 16.4 Å². The number of aromatic nitrogens is 2. The summed E-state index contributed by atoms with van der Waals surface area (Å²) in [5.41, 5.74) is 15.2. The molecule has 1 atom stereocenters. The number of amides is 2. The SMILES string of the molecule is CCC(=O)N1CCCC1.Cn1nc(C2CCc3ccccc3C2)c(C(N)=O)c1N. The molecule has 7 heteroatoms. The largest absolute Gasteiger partial charge is 0.383 e. The normalized spacial score (nSPS) is 18.0. The van der Waals surface area contributed by atoms with Gasteiger partial charge in [-0.1, -0.05) is 31.2 Å². The summed E-state index contributed by atoms with van der Waals surface area (Å²) in [6.45, 7) is 3.90. The molecule has 0 bridgehead atoms. The van der Waals surface area contributed by atoms with Gasteiger partial charge in [0.05, 0.1) is 5.69 Å². The van der Waals surface area contributed by atoms with E-state index in [-0.39, 0.29) is 5.92 Å². The quantitative estimate of drug-likeness (QED) is 0.829. The Morgan fingerprint density at radius 3 is 2.45 bits per heavy atom. The number of hydrogen-bond donors (Lipinski definition) is 2. The Morgan fingerprint density at radius 2 is 1.83 bits per heavy atom. The Hall–Kier alpha value is -2.83. The number of carbonyl (C=O) groups is 2. The first-order valence-corrected chi connectivity index (χ1v) is 10.4. The lowest BCUT2D eigenvalue weighted by Crippen LogP contribution is -2.26. The molecule has 1 fully saturated rings. The van der Waals surface area contributed by atoms with E-state index in [4.69, 9.17) is 11.5 Å². The Bertz CT molecular complexity index is 883. The highest BCUT2D eigenvalue weighted by Gasteiger charge is 2.28. The van der Waals surface area contributed by atoms with Gasteiger partial charge >= 0.3 is 0 Å². The molecule has 0 saturated carbocycles. The van der Waals surface area contributed by atoms with Crippen LogP contribution < -0.4 is 11.5 Å². The van der Waals surface area contributed by atoms with Crippen LogP contribution in [0.1, 0.15) is 65.7 Å². The molecule has 2 heterocycles. The number of likely N-dealkylation sites (tertiary alicyclic amines) is 1. The van der Waals surface area contributed by atoms with E-state index in [9.17, 15) is 9.59 Å². The zero-order valence-corrected chi connectivity index (χ0v) is 17.4. The minimum Gasteiger partial charge on any atom is -0.383 e. The monoisotopic (exact) mass is 397 g/mol. The minimum absolute atomic E-state index is 0.205. The van der Waals surface area contributed by atoms with Crippen LogP contribution in [0.2, 0.25) is 0 Å². The van der Waals surface area contributed by atoms with Gasteiger partial charge in [-0.05, 0) is 43.2 Å². The lowest BCUT2D eigenvalue weighted by molar-refractivity contribution is -0.129. The number of hydrogen-bond acceptors (Lipinski definition) is 4. The van der Waals surface area contributed by atoms with Crippen molar-refractivity contribution in [3.63, 3.8) is 0 Å². The molecular formula is C22H31N5O2. The average molecular weight is 398 g/mol. The molecule has 156 valence electrons. The van der Waals surface area contributed by atoms with Crippen LogP contribution in [0.5, 0.6) is 0 Å². The van der Waals surface area contributed by atoms with Crippen molar-refractivity contribution in [2.45, 2.75) is 51.4 Å². The van der Waals surface area contributed by atoms with E-state index in [1.165, 1.54) is 28.7 Å².